The van der Waals surface area contributed by atoms with E-state index in [1.54, 1.807) is 6.07 Å². The molecule has 57 heavy (non-hydrogen) atoms. The summed E-state index contributed by atoms with van der Waals surface area (Å²) in [7, 11) is 0. The fourth-order valence-corrected chi connectivity index (χ4v) is 8.27. The van der Waals surface area contributed by atoms with Crippen LogP contribution in [0.1, 0.15) is 26.3 Å². The minimum Gasteiger partial charge on any atom is -0.507 e. The van der Waals surface area contributed by atoms with Gasteiger partial charge in [0.05, 0.1) is 39.0 Å². The predicted octanol–water partition coefficient (Wildman–Crippen LogP) is 13.2. The van der Waals surface area contributed by atoms with Crippen molar-refractivity contribution < 1.29 is 5.11 Å². The molecule has 0 aliphatic rings. The van der Waals surface area contributed by atoms with Gasteiger partial charge in [0, 0.05) is 39.3 Å². The Morgan fingerprint density at radius 1 is 0.509 bits per heavy atom. The van der Waals surface area contributed by atoms with Crippen LogP contribution in [0.15, 0.2) is 182 Å². The molecule has 1 N–H and O–H groups in total. The Morgan fingerprint density at radius 3 is 1.98 bits per heavy atom. The third-order valence-corrected chi connectivity index (χ3v) is 11.1. The first kappa shape index (κ1) is 34.3. The average Bonchev–Trinajstić information content (AvgIpc) is 3.80. The molecule has 0 saturated heterocycles. The Labute approximate surface area is 331 Å². The molecule has 5 nitrogen and oxygen atoms in total. The summed E-state index contributed by atoms with van der Waals surface area (Å²) in [5, 5.41) is 13.7. The van der Waals surface area contributed by atoms with E-state index in [1.807, 2.05) is 24.4 Å². The number of hydrogen-bond donors (Lipinski definition) is 1. The van der Waals surface area contributed by atoms with Crippen molar-refractivity contribution in [1.29, 1.82) is 0 Å². The largest absolute Gasteiger partial charge is 0.507 e. The highest BCUT2D eigenvalue weighted by molar-refractivity contribution is 6.13. The quantitative estimate of drug-likeness (QED) is 0.185. The van der Waals surface area contributed by atoms with Gasteiger partial charge in [0.15, 0.2) is 0 Å². The van der Waals surface area contributed by atoms with Crippen molar-refractivity contribution in [3.63, 3.8) is 0 Å². The van der Waals surface area contributed by atoms with Crippen LogP contribution in [-0.4, -0.2) is 24.2 Å². The van der Waals surface area contributed by atoms with Gasteiger partial charge in [-0.1, -0.05) is 136 Å². The molecule has 7 aromatic carbocycles. The zero-order chi connectivity index (χ0) is 38.7. The molecule has 0 unspecified atom stereocenters. The lowest BCUT2D eigenvalue weighted by molar-refractivity contribution is 0.477. The van der Waals surface area contributed by atoms with Crippen LogP contribution in [0, 0.1) is 0 Å². The number of pyridine rings is 1. The molecule has 10 aromatic rings. The smallest absolute Gasteiger partial charge is 0.149 e. The second kappa shape index (κ2) is 13.5. The number of hydrogen-bond acceptors (Lipinski definition) is 3. The van der Waals surface area contributed by atoms with E-state index >= 15 is 0 Å². The zero-order valence-corrected chi connectivity index (χ0v) is 32.1. The third kappa shape index (κ3) is 5.78. The van der Waals surface area contributed by atoms with Gasteiger partial charge < -0.3 is 9.67 Å². The fourth-order valence-electron chi connectivity index (χ4n) is 8.27. The van der Waals surface area contributed by atoms with Crippen LogP contribution in [0.4, 0.5) is 0 Å². The Hall–Kier alpha value is -7.24. The summed E-state index contributed by atoms with van der Waals surface area (Å²) >= 11 is 0. The number of benzene rings is 7. The molecule has 3 heterocycles. The van der Waals surface area contributed by atoms with Crippen molar-refractivity contribution in [2.75, 3.05) is 0 Å². The first-order chi connectivity index (χ1) is 27.8. The lowest BCUT2D eigenvalue weighted by Gasteiger charge is -2.23. The van der Waals surface area contributed by atoms with Crippen LogP contribution < -0.4 is 0 Å². The lowest BCUT2D eigenvalue weighted by Crippen LogP contribution is -2.12. The van der Waals surface area contributed by atoms with Gasteiger partial charge in [0.1, 0.15) is 11.6 Å². The molecule has 0 radical (unpaired) electrons. The predicted molar refractivity (Wildman–Crippen MR) is 235 cm³/mol. The van der Waals surface area contributed by atoms with Gasteiger partial charge in [-0.25, -0.2) is 4.98 Å². The van der Waals surface area contributed by atoms with Gasteiger partial charge in [-0.05, 0) is 82.8 Å². The molecule has 0 atom stereocenters. The summed E-state index contributed by atoms with van der Waals surface area (Å²) in [6.45, 7) is 6.73. The number of aromatic nitrogens is 4. The van der Waals surface area contributed by atoms with Gasteiger partial charge in [-0.15, -0.1) is 0 Å². The first-order valence-corrected chi connectivity index (χ1v) is 19.4. The molecule has 0 fully saturated rings. The van der Waals surface area contributed by atoms with E-state index in [0.29, 0.717) is 11.4 Å². The number of imidazole rings is 1. The highest BCUT2D eigenvalue weighted by atomic mass is 16.3. The van der Waals surface area contributed by atoms with Crippen LogP contribution in [0.2, 0.25) is 0 Å². The summed E-state index contributed by atoms with van der Waals surface area (Å²) in [5.74, 6) is 0.851. The Bertz CT molecular complexity index is 3110. The van der Waals surface area contributed by atoms with Crippen LogP contribution in [0.5, 0.6) is 5.75 Å². The van der Waals surface area contributed by atoms with E-state index in [9.17, 15) is 5.11 Å². The number of para-hydroxylation sites is 4. The first-order valence-electron chi connectivity index (χ1n) is 19.4. The second-order valence-electron chi connectivity index (χ2n) is 15.6. The number of phenols is 1. The second-order valence-corrected chi connectivity index (χ2v) is 15.6. The van der Waals surface area contributed by atoms with Crippen molar-refractivity contribution in [3.8, 4) is 62.0 Å². The van der Waals surface area contributed by atoms with Crippen LogP contribution in [0.3, 0.4) is 0 Å². The van der Waals surface area contributed by atoms with E-state index in [0.717, 1.165) is 72.3 Å². The molecule has 0 aliphatic heterocycles. The summed E-state index contributed by atoms with van der Waals surface area (Å²) in [4.78, 5) is 10.5. The standard InChI is InChI=1S/C52H40N4O/c1-52(2,3)37-28-29-45(43(33-37)34-16-6-4-7-17-34)56-46-26-15-24-39(49(46)54-51(56)42-23-11-13-27-47(42)57)35-18-14-19-36(32-35)48-50-41(30-31-53-48)40-22-10-12-25-44(40)55(50)38-20-8-5-9-21-38/h4-33,57H,1-3H3. The number of nitrogens with zero attached hydrogens (tertiary/aromatic N) is 4. The number of aromatic hydroxyl groups is 1. The van der Waals surface area contributed by atoms with Gasteiger partial charge in [-0.3, -0.25) is 9.55 Å². The summed E-state index contributed by atoms with van der Waals surface area (Å²) in [6, 6.07) is 61.0. The number of fused-ring (bicyclic) bond motifs is 4. The van der Waals surface area contributed by atoms with Gasteiger partial charge >= 0.3 is 0 Å². The molecule has 5 heteroatoms. The topological polar surface area (TPSA) is 55.9 Å². The van der Waals surface area contributed by atoms with E-state index in [-0.39, 0.29) is 11.2 Å². The maximum atomic E-state index is 11.3. The molecular weight excluding hydrogens is 697 g/mol. The SMILES string of the molecule is CC(C)(C)c1ccc(-n2c(-c3ccccc3O)nc3c(-c4cccc(-c5nccc6c7ccccc7n(-c7ccccc7)c56)c4)cccc32)c(-c2ccccc2)c1. The van der Waals surface area contributed by atoms with E-state index < -0.39 is 0 Å². The van der Waals surface area contributed by atoms with Crippen molar-refractivity contribution in [2.45, 2.75) is 26.2 Å². The third-order valence-electron chi connectivity index (χ3n) is 11.1. The van der Waals surface area contributed by atoms with Crippen LogP contribution >= 0.6 is 0 Å². The summed E-state index contributed by atoms with van der Waals surface area (Å²) in [6.07, 6.45) is 1.92. The molecule has 274 valence electrons. The zero-order valence-electron chi connectivity index (χ0n) is 32.1. The number of phenolic OH excluding ortho intramolecular Hbond substituents is 1. The van der Waals surface area contributed by atoms with Gasteiger partial charge in [0.2, 0.25) is 0 Å². The maximum absolute atomic E-state index is 11.3. The Kier molecular flexibility index (Phi) is 8.12. The monoisotopic (exact) mass is 736 g/mol. The van der Waals surface area contributed by atoms with Crippen LogP contribution in [-0.2, 0) is 5.41 Å². The van der Waals surface area contributed by atoms with Gasteiger partial charge in [0.25, 0.3) is 0 Å². The minimum atomic E-state index is -0.0492. The van der Waals surface area contributed by atoms with E-state index in [1.165, 1.54) is 10.9 Å². The summed E-state index contributed by atoms with van der Waals surface area (Å²) in [5.41, 5.74) is 14.1. The molecule has 10 rings (SSSR count). The normalized spacial score (nSPS) is 11.8. The molecule has 3 aromatic heterocycles. The molecule has 0 aliphatic carbocycles. The van der Waals surface area contributed by atoms with Gasteiger partial charge in [-0.2, -0.15) is 0 Å². The molecule has 0 amide bonds. The minimum absolute atomic E-state index is 0.0492. The molecular formula is C52H40N4O. The molecule has 0 spiro atoms. The highest BCUT2D eigenvalue weighted by Crippen LogP contribution is 2.42. The Morgan fingerprint density at radius 2 is 1.18 bits per heavy atom. The maximum Gasteiger partial charge on any atom is 0.149 e. The van der Waals surface area contributed by atoms with E-state index in [2.05, 4.69) is 182 Å². The van der Waals surface area contributed by atoms with Crippen molar-refractivity contribution in [3.05, 3.63) is 188 Å². The van der Waals surface area contributed by atoms with E-state index in [4.69, 9.17) is 9.97 Å². The number of rotatable bonds is 6. The van der Waals surface area contributed by atoms with Crippen molar-refractivity contribution in [1.82, 2.24) is 19.1 Å². The van der Waals surface area contributed by atoms with Crippen LogP contribution in [0.25, 0.3) is 89.1 Å². The van der Waals surface area contributed by atoms with Crippen molar-refractivity contribution in [2.24, 2.45) is 0 Å². The fraction of sp³-hybridized carbons (Fsp3) is 0.0769. The molecule has 0 bridgehead atoms. The lowest BCUT2D eigenvalue weighted by atomic mass is 9.85. The van der Waals surface area contributed by atoms with Crippen molar-refractivity contribution >= 4 is 32.8 Å². The summed E-state index contributed by atoms with van der Waals surface area (Å²) < 4.78 is 4.54. The average molecular weight is 737 g/mol. The highest BCUT2D eigenvalue weighted by Gasteiger charge is 2.24. The molecule has 0 saturated carbocycles. The Balaban J connectivity index is 1.21.